The molecule has 0 spiro atoms. The molecule has 0 aromatic carbocycles. The number of rotatable bonds is 6. The molecule has 2 atom stereocenters. The first kappa shape index (κ1) is 13.9. The third-order valence-electron chi connectivity index (χ3n) is 3.59. The fraction of sp³-hybridized carbons (Fsp3) is 1.00. The van der Waals surface area contributed by atoms with Gasteiger partial charge in [0.25, 0.3) is 0 Å². The minimum Gasteiger partial charge on any atom is -0.395 e. The molecule has 3 nitrogen and oxygen atoms in total. The standard InChI is InChI=1S/C13H28N2O/c1-4-6-15-9-12(11(2)3)8-13(10-15)14-5-7-16/h11-14,16H,4-10H2,1-3H3. The Kier molecular flexibility index (Phi) is 6.32. The second-order valence-corrected chi connectivity index (χ2v) is 5.37. The predicted molar refractivity (Wildman–Crippen MR) is 68.6 cm³/mol. The van der Waals surface area contributed by atoms with Gasteiger partial charge in [0.1, 0.15) is 0 Å². The van der Waals surface area contributed by atoms with Gasteiger partial charge in [-0.25, -0.2) is 0 Å². The lowest BCUT2D eigenvalue weighted by Crippen LogP contribution is -2.50. The maximum atomic E-state index is 8.87. The Morgan fingerprint density at radius 2 is 2.12 bits per heavy atom. The molecule has 1 fully saturated rings. The van der Waals surface area contributed by atoms with E-state index in [1.807, 2.05) is 0 Å². The number of nitrogens with one attached hydrogen (secondary N) is 1. The van der Waals surface area contributed by atoms with Crippen molar-refractivity contribution in [3.63, 3.8) is 0 Å². The zero-order valence-corrected chi connectivity index (χ0v) is 11.1. The molecule has 0 aromatic heterocycles. The molecule has 2 N–H and O–H groups in total. The lowest BCUT2D eigenvalue weighted by molar-refractivity contribution is 0.113. The molecular formula is C13H28N2O. The van der Waals surface area contributed by atoms with E-state index in [-0.39, 0.29) is 6.61 Å². The summed E-state index contributed by atoms with van der Waals surface area (Å²) in [5.41, 5.74) is 0. The lowest BCUT2D eigenvalue weighted by atomic mass is 9.85. The van der Waals surface area contributed by atoms with Gasteiger partial charge >= 0.3 is 0 Å². The predicted octanol–water partition coefficient (Wildman–Crippen LogP) is 1.32. The van der Waals surface area contributed by atoms with Gasteiger partial charge in [-0.05, 0) is 31.2 Å². The number of piperidine rings is 1. The van der Waals surface area contributed by atoms with Crippen molar-refractivity contribution >= 4 is 0 Å². The molecule has 1 heterocycles. The average Bonchev–Trinajstić information content (AvgIpc) is 2.26. The molecule has 1 aliphatic rings. The molecular weight excluding hydrogens is 200 g/mol. The summed E-state index contributed by atoms with van der Waals surface area (Å²) in [6, 6.07) is 0.569. The van der Waals surface area contributed by atoms with Gasteiger partial charge in [-0.1, -0.05) is 20.8 Å². The summed E-state index contributed by atoms with van der Waals surface area (Å²) >= 11 is 0. The van der Waals surface area contributed by atoms with Crippen molar-refractivity contribution in [2.24, 2.45) is 11.8 Å². The fourth-order valence-corrected chi connectivity index (χ4v) is 2.63. The quantitative estimate of drug-likeness (QED) is 0.720. The van der Waals surface area contributed by atoms with Crippen LogP contribution in [0, 0.1) is 11.8 Å². The van der Waals surface area contributed by atoms with Crippen LogP contribution in [0.4, 0.5) is 0 Å². The van der Waals surface area contributed by atoms with Crippen molar-refractivity contribution in [3.05, 3.63) is 0 Å². The fourth-order valence-electron chi connectivity index (χ4n) is 2.63. The molecule has 0 radical (unpaired) electrons. The maximum Gasteiger partial charge on any atom is 0.0556 e. The highest BCUT2D eigenvalue weighted by molar-refractivity contribution is 4.84. The smallest absolute Gasteiger partial charge is 0.0556 e. The van der Waals surface area contributed by atoms with Crippen LogP contribution in [0.15, 0.2) is 0 Å². The normalized spacial score (nSPS) is 27.6. The SMILES string of the molecule is CCCN1CC(NCCO)CC(C(C)C)C1. The van der Waals surface area contributed by atoms with Crippen LogP contribution in [0.25, 0.3) is 0 Å². The highest BCUT2D eigenvalue weighted by Crippen LogP contribution is 2.23. The molecule has 2 unspecified atom stereocenters. The van der Waals surface area contributed by atoms with Gasteiger partial charge < -0.3 is 15.3 Å². The first-order valence-electron chi connectivity index (χ1n) is 6.74. The number of nitrogens with zero attached hydrogens (tertiary/aromatic N) is 1. The molecule has 0 amide bonds. The van der Waals surface area contributed by atoms with Crippen molar-refractivity contribution in [1.29, 1.82) is 0 Å². The Labute approximate surface area is 100 Å². The van der Waals surface area contributed by atoms with Crippen molar-refractivity contribution in [3.8, 4) is 0 Å². The Balaban J connectivity index is 2.45. The Hall–Kier alpha value is -0.120. The second-order valence-electron chi connectivity index (χ2n) is 5.37. The van der Waals surface area contributed by atoms with Gasteiger partial charge in [-0.2, -0.15) is 0 Å². The van der Waals surface area contributed by atoms with E-state index in [4.69, 9.17) is 5.11 Å². The summed E-state index contributed by atoms with van der Waals surface area (Å²) in [6.45, 7) is 11.5. The Bertz CT molecular complexity index is 185. The number of aliphatic hydroxyl groups excluding tert-OH is 1. The summed E-state index contributed by atoms with van der Waals surface area (Å²) < 4.78 is 0. The van der Waals surface area contributed by atoms with Crippen LogP contribution in [0.5, 0.6) is 0 Å². The van der Waals surface area contributed by atoms with Gasteiger partial charge in [0, 0.05) is 25.7 Å². The van der Waals surface area contributed by atoms with Crippen molar-refractivity contribution in [2.45, 2.75) is 39.7 Å². The minimum absolute atomic E-state index is 0.247. The van der Waals surface area contributed by atoms with E-state index in [0.29, 0.717) is 6.04 Å². The summed E-state index contributed by atoms with van der Waals surface area (Å²) in [7, 11) is 0. The largest absolute Gasteiger partial charge is 0.395 e. The van der Waals surface area contributed by atoms with Crippen molar-refractivity contribution < 1.29 is 5.11 Å². The second kappa shape index (κ2) is 7.25. The van der Waals surface area contributed by atoms with E-state index in [1.165, 1.54) is 25.9 Å². The van der Waals surface area contributed by atoms with Crippen molar-refractivity contribution in [2.75, 3.05) is 32.8 Å². The van der Waals surface area contributed by atoms with E-state index in [1.54, 1.807) is 0 Å². The van der Waals surface area contributed by atoms with Crippen LogP contribution in [-0.2, 0) is 0 Å². The summed E-state index contributed by atoms with van der Waals surface area (Å²) in [6.07, 6.45) is 2.50. The molecule has 0 bridgehead atoms. The Morgan fingerprint density at radius 1 is 1.38 bits per heavy atom. The van der Waals surface area contributed by atoms with E-state index < -0.39 is 0 Å². The summed E-state index contributed by atoms with van der Waals surface area (Å²) in [5.74, 6) is 1.56. The van der Waals surface area contributed by atoms with E-state index in [2.05, 4.69) is 31.0 Å². The first-order chi connectivity index (χ1) is 7.67. The highest BCUT2D eigenvalue weighted by Gasteiger charge is 2.27. The number of aliphatic hydroxyl groups is 1. The topological polar surface area (TPSA) is 35.5 Å². The number of hydrogen-bond acceptors (Lipinski definition) is 3. The van der Waals surface area contributed by atoms with E-state index in [0.717, 1.165) is 24.9 Å². The van der Waals surface area contributed by atoms with Crippen molar-refractivity contribution in [1.82, 2.24) is 10.2 Å². The molecule has 3 heteroatoms. The van der Waals surface area contributed by atoms with Crippen LogP contribution < -0.4 is 5.32 Å². The molecule has 0 saturated carbocycles. The zero-order valence-electron chi connectivity index (χ0n) is 11.1. The van der Waals surface area contributed by atoms with Gasteiger partial charge in [-0.15, -0.1) is 0 Å². The third kappa shape index (κ3) is 4.40. The monoisotopic (exact) mass is 228 g/mol. The third-order valence-corrected chi connectivity index (χ3v) is 3.59. The van der Waals surface area contributed by atoms with Crippen LogP contribution in [0.2, 0.25) is 0 Å². The zero-order chi connectivity index (χ0) is 12.0. The van der Waals surface area contributed by atoms with Gasteiger partial charge in [-0.3, -0.25) is 0 Å². The van der Waals surface area contributed by atoms with Crippen LogP contribution >= 0.6 is 0 Å². The van der Waals surface area contributed by atoms with E-state index >= 15 is 0 Å². The van der Waals surface area contributed by atoms with Crippen LogP contribution in [-0.4, -0.2) is 48.8 Å². The van der Waals surface area contributed by atoms with Gasteiger partial charge in [0.05, 0.1) is 6.61 Å². The minimum atomic E-state index is 0.247. The molecule has 1 saturated heterocycles. The molecule has 0 aromatic rings. The molecule has 1 aliphatic heterocycles. The summed E-state index contributed by atoms with van der Waals surface area (Å²) in [4.78, 5) is 2.57. The maximum absolute atomic E-state index is 8.87. The first-order valence-corrected chi connectivity index (χ1v) is 6.74. The van der Waals surface area contributed by atoms with Gasteiger partial charge in [0.2, 0.25) is 0 Å². The van der Waals surface area contributed by atoms with Crippen LogP contribution in [0.3, 0.4) is 0 Å². The summed E-state index contributed by atoms with van der Waals surface area (Å²) in [5, 5.41) is 12.3. The molecule has 16 heavy (non-hydrogen) atoms. The molecule has 96 valence electrons. The number of hydrogen-bond donors (Lipinski definition) is 2. The van der Waals surface area contributed by atoms with Crippen LogP contribution in [0.1, 0.15) is 33.6 Å². The number of likely N-dealkylation sites (tertiary alicyclic amines) is 1. The Morgan fingerprint density at radius 3 is 2.69 bits per heavy atom. The lowest BCUT2D eigenvalue weighted by Gasteiger charge is -2.39. The van der Waals surface area contributed by atoms with E-state index in [9.17, 15) is 0 Å². The molecule has 0 aliphatic carbocycles. The van der Waals surface area contributed by atoms with Gasteiger partial charge in [0.15, 0.2) is 0 Å². The molecule has 1 rings (SSSR count). The average molecular weight is 228 g/mol. The highest BCUT2D eigenvalue weighted by atomic mass is 16.3.